The molecule has 1 fully saturated rings. The van der Waals surface area contributed by atoms with Gasteiger partial charge < -0.3 is 15.8 Å². The van der Waals surface area contributed by atoms with E-state index in [1.54, 1.807) is 20.2 Å². The third kappa shape index (κ3) is 2.52. The molecule has 3 heterocycles. The van der Waals surface area contributed by atoms with Crippen molar-refractivity contribution in [1.82, 2.24) is 19.6 Å². The van der Waals surface area contributed by atoms with Crippen molar-refractivity contribution in [3.63, 3.8) is 0 Å². The van der Waals surface area contributed by atoms with E-state index in [9.17, 15) is 9.18 Å². The van der Waals surface area contributed by atoms with Gasteiger partial charge in [0.25, 0.3) is 5.91 Å². The third-order valence-electron chi connectivity index (χ3n) is 4.34. The lowest BCUT2D eigenvalue weighted by atomic mass is 10.2. The summed E-state index contributed by atoms with van der Waals surface area (Å²) < 4.78 is 20.7. The normalized spacial score (nSPS) is 13.8. The number of hydrogen-bond donors (Lipinski definition) is 2. The average molecular weight is 356 g/mol. The minimum absolute atomic E-state index is 0.0219. The molecule has 3 N–H and O–H groups in total. The summed E-state index contributed by atoms with van der Waals surface area (Å²) in [6.45, 7) is 0. The fraction of sp³-hybridized carbons (Fsp3) is 0.294. The highest BCUT2D eigenvalue weighted by molar-refractivity contribution is 5.98. The van der Waals surface area contributed by atoms with Crippen LogP contribution in [0.4, 0.5) is 10.2 Å². The molecule has 1 aliphatic carbocycles. The highest BCUT2D eigenvalue weighted by Gasteiger charge is 2.31. The Morgan fingerprint density at radius 2 is 2.15 bits per heavy atom. The summed E-state index contributed by atoms with van der Waals surface area (Å²) in [6, 6.07) is 4.46. The van der Waals surface area contributed by atoms with Gasteiger partial charge in [-0.2, -0.15) is 5.10 Å². The van der Waals surface area contributed by atoms with E-state index in [0.717, 1.165) is 18.5 Å². The number of imidazole rings is 1. The number of hydrogen-bond acceptors (Lipinski definition) is 6. The summed E-state index contributed by atoms with van der Waals surface area (Å²) in [7, 11) is 3.13. The number of anilines is 1. The van der Waals surface area contributed by atoms with Crippen LogP contribution in [0, 0.1) is 5.82 Å². The maximum absolute atomic E-state index is 13.8. The molecule has 3 aromatic heterocycles. The zero-order chi connectivity index (χ0) is 18.4. The van der Waals surface area contributed by atoms with Gasteiger partial charge in [0.2, 0.25) is 0 Å². The first-order valence-electron chi connectivity index (χ1n) is 8.15. The van der Waals surface area contributed by atoms with E-state index in [1.807, 2.05) is 0 Å². The van der Waals surface area contributed by atoms with Crippen LogP contribution in [-0.4, -0.2) is 39.6 Å². The zero-order valence-corrected chi connectivity index (χ0v) is 14.3. The van der Waals surface area contributed by atoms with Crippen LogP contribution in [0.15, 0.2) is 18.2 Å². The smallest absolute Gasteiger partial charge is 0.269 e. The number of nitrogens with one attached hydrogen (secondary N) is 1. The Kier molecular flexibility index (Phi) is 3.71. The lowest BCUT2D eigenvalue weighted by Gasteiger charge is -2.09. The van der Waals surface area contributed by atoms with Gasteiger partial charge in [0, 0.05) is 19.0 Å². The molecule has 8 nitrogen and oxygen atoms in total. The van der Waals surface area contributed by atoms with E-state index in [1.165, 1.54) is 16.6 Å². The number of rotatable bonds is 5. The van der Waals surface area contributed by atoms with Gasteiger partial charge in [-0.15, -0.1) is 0 Å². The molecule has 1 saturated carbocycles. The number of fused-ring (bicyclic) bond motifs is 1. The molecular formula is C17H17FN6O2. The van der Waals surface area contributed by atoms with Gasteiger partial charge in [0.15, 0.2) is 23.0 Å². The van der Waals surface area contributed by atoms with Crippen molar-refractivity contribution in [3.05, 3.63) is 35.4 Å². The molecule has 0 bridgehead atoms. The summed E-state index contributed by atoms with van der Waals surface area (Å²) in [6.07, 6.45) is 2.06. The Hall–Kier alpha value is -3.23. The molecule has 26 heavy (non-hydrogen) atoms. The topological polar surface area (TPSA) is 107 Å². The van der Waals surface area contributed by atoms with Gasteiger partial charge in [0.1, 0.15) is 17.1 Å². The molecule has 0 aromatic carbocycles. The van der Waals surface area contributed by atoms with E-state index in [2.05, 4.69) is 20.4 Å². The number of carbonyl (C=O) groups excluding carboxylic acids is 1. The van der Waals surface area contributed by atoms with E-state index in [0.29, 0.717) is 28.7 Å². The van der Waals surface area contributed by atoms with Crippen LogP contribution in [0.1, 0.15) is 34.9 Å². The molecule has 0 unspecified atom stereocenters. The van der Waals surface area contributed by atoms with Crippen molar-refractivity contribution >= 4 is 17.4 Å². The van der Waals surface area contributed by atoms with E-state index in [4.69, 9.17) is 10.5 Å². The summed E-state index contributed by atoms with van der Waals surface area (Å²) >= 11 is 0. The molecular weight excluding hydrogens is 339 g/mol. The van der Waals surface area contributed by atoms with Gasteiger partial charge in [0.05, 0.1) is 12.8 Å². The minimum atomic E-state index is -0.713. The molecule has 1 aliphatic rings. The second-order valence-electron chi connectivity index (χ2n) is 6.09. The molecule has 3 aromatic rings. The van der Waals surface area contributed by atoms with Crippen LogP contribution < -0.4 is 15.8 Å². The summed E-state index contributed by atoms with van der Waals surface area (Å²) in [4.78, 5) is 20.5. The lowest BCUT2D eigenvalue weighted by Crippen LogP contribution is -2.13. The van der Waals surface area contributed by atoms with Crippen molar-refractivity contribution in [2.75, 3.05) is 19.5 Å². The largest absolute Gasteiger partial charge is 0.495 e. The minimum Gasteiger partial charge on any atom is -0.495 e. The van der Waals surface area contributed by atoms with E-state index >= 15 is 0 Å². The average Bonchev–Trinajstić information content (AvgIpc) is 3.41. The van der Waals surface area contributed by atoms with Gasteiger partial charge in [-0.1, -0.05) is 0 Å². The standard InChI is InChI=1S/C17H17FN6O2/c1-20-17-9(18)5-6-10(21-17)15-14(16(19)25)22-12-7-11(26-2)13(8-3-4-8)23-24(12)15/h5-8H,3-4H2,1-2H3,(H2,19,25)(H,20,21). The Labute approximate surface area is 148 Å². The Balaban J connectivity index is 2.01. The predicted octanol–water partition coefficient (Wildman–Crippen LogP) is 1.96. The number of pyridine rings is 1. The number of amides is 1. The highest BCUT2D eigenvalue weighted by atomic mass is 19.1. The van der Waals surface area contributed by atoms with Crippen LogP contribution in [0.5, 0.6) is 5.75 Å². The molecule has 0 spiro atoms. The van der Waals surface area contributed by atoms with Crippen LogP contribution in [0.2, 0.25) is 0 Å². The Bertz CT molecular complexity index is 1030. The van der Waals surface area contributed by atoms with Crippen molar-refractivity contribution in [1.29, 1.82) is 0 Å². The summed E-state index contributed by atoms with van der Waals surface area (Å²) in [5.74, 6) is -0.219. The number of methoxy groups -OCH3 is 1. The molecule has 9 heteroatoms. The molecule has 4 rings (SSSR count). The number of carbonyl (C=O) groups is 1. The lowest BCUT2D eigenvalue weighted by molar-refractivity contribution is 0.0996. The fourth-order valence-electron chi connectivity index (χ4n) is 2.93. The number of halogens is 1. The van der Waals surface area contributed by atoms with Gasteiger partial charge >= 0.3 is 0 Å². The first-order valence-corrected chi connectivity index (χ1v) is 8.15. The number of aromatic nitrogens is 4. The number of nitrogens with zero attached hydrogens (tertiary/aromatic N) is 4. The second-order valence-corrected chi connectivity index (χ2v) is 6.09. The van der Waals surface area contributed by atoms with Crippen LogP contribution >= 0.6 is 0 Å². The molecule has 0 atom stereocenters. The monoisotopic (exact) mass is 356 g/mol. The van der Waals surface area contributed by atoms with E-state index < -0.39 is 11.7 Å². The molecule has 1 amide bonds. The predicted molar refractivity (Wildman–Crippen MR) is 92.8 cm³/mol. The third-order valence-corrected chi connectivity index (χ3v) is 4.34. The highest BCUT2D eigenvalue weighted by Crippen LogP contribution is 2.43. The SMILES string of the molecule is CNc1nc(-c2c(C(N)=O)nc3cc(OC)c(C4CC4)nn23)ccc1F. The number of nitrogens with two attached hydrogens (primary N) is 1. The van der Waals surface area contributed by atoms with Crippen LogP contribution in [0.25, 0.3) is 17.0 Å². The van der Waals surface area contributed by atoms with Crippen LogP contribution in [0.3, 0.4) is 0 Å². The first-order chi connectivity index (χ1) is 12.5. The van der Waals surface area contributed by atoms with Gasteiger partial charge in [-0.25, -0.2) is 18.9 Å². The second kappa shape index (κ2) is 5.94. The van der Waals surface area contributed by atoms with Crippen molar-refractivity contribution in [3.8, 4) is 17.1 Å². The van der Waals surface area contributed by atoms with Crippen molar-refractivity contribution < 1.29 is 13.9 Å². The Morgan fingerprint density at radius 3 is 2.77 bits per heavy atom. The fourth-order valence-corrected chi connectivity index (χ4v) is 2.93. The molecule has 0 radical (unpaired) electrons. The van der Waals surface area contributed by atoms with Crippen molar-refractivity contribution in [2.45, 2.75) is 18.8 Å². The van der Waals surface area contributed by atoms with Gasteiger partial charge in [-0.05, 0) is 25.0 Å². The first kappa shape index (κ1) is 16.2. The van der Waals surface area contributed by atoms with Crippen LogP contribution in [-0.2, 0) is 0 Å². The van der Waals surface area contributed by atoms with Gasteiger partial charge in [-0.3, -0.25) is 4.79 Å². The number of ether oxygens (including phenoxy) is 1. The maximum Gasteiger partial charge on any atom is 0.269 e. The van der Waals surface area contributed by atoms with E-state index in [-0.39, 0.29) is 11.5 Å². The molecule has 134 valence electrons. The quantitative estimate of drug-likeness (QED) is 0.724. The molecule has 0 saturated heterocycles. The summed E-state index contributed by atoms with van der Waals surface area (Å²) in [5.41, 5.74) is 7.41. The zero-order valence-electron chi connectivity index (χ0n) is 14.3. The Morgan fingerprint density at radius 1 is 1.38 bits per heavy atom. The molecule has 0 aliphatic heterocycles. The maximum atomic E-state index is 13.8. The number of primary amides is 1. The van der Waals surface area contributed by atoms with Crippen molar-refractivity contribution in [2.24, 2.45) is 5.73 Å². The summed E-state index contributed by atoms with van der Waals surface area (Å²) in [5, 5.41) is 7.31.